The largest absolute Gasteiger partial charge is 0.481 e. The van der Waals surface area contributed by atoms with Crippen LogP contribution in [0.15, 0.2) is 54.6 Å². The summed E-state index contributed by atoms with van der Waals surface area (Å²) in [6.45, 7) is 3.49. The molecular weight excluding hydrogens is 370 g/mol. The normalized spacial score (nSPS) is 17.1. The summed E-state index contributed by atoms with van der Waals surface area (Å²) in [4.78, 5) is 32.9. The monoisotopic (exact) mass is 397 g/mol. The minimum absolute atomic E-state index is 0.206. The summed E-state index contributed by atoms with van der Waals surface area (Å²) >= 11 is 0. The SMILES string of the molecule is CCCN(C=O)Cc1ccc(Oc2ccccc2)cc1.O=CC1CCC1C(=O)O. The molecule has 1 fully saturated rings. The third-order valence-corrected chi connectivity index (χ3v) is 4.77. The van der Waals surface area contributed by atoms with Crippen molar-refractivity contribution in [2.24, 2.45) is 11.8 Å². The first-order valence-corrected chi connectivity index (χ1v) is 9.76. The zero-order valence-electron chi connectivity index (χ0n) is 16.6. The smallest absolute Gasteiger partial charge is 0.307 e. The first-order chi connectivity index (χ1) is 14.1. The first-order valence-electron chi connectivity index (χ1n) is 9.76. The van der Waals surface area contributed by atoms with Crippen molar-refractivity contribution in [2.45, 2.75) is 32.7 Å². The van der Waals surface area contributed by atoms with Crippen molar-refractivity contribution in [1.29, 1.82) is 0 Å². The molecule has 0 radical (unpaired) electrons. The van der Waals surface area contributed by atoms with Crippen molar-refractivity contribution in [3.63, 3.8) is 0 Å². The molecule has 2 aromatic carbocycles. The molecule has 2 atom stereocenters. The topological polar surface area (TPSA) is 83.9 Å². The number of carbonyl (C=O) groups is 3. The van der Waals surface area contributed by atoms with Crippen molar-refractivity contribution in [3.05, 3.63) is 60.2 Å². The van der Waals surface area contributed by atoms with Crippen LogP contribution in [-0.2, 0) is 20.9 Å². The van der Waals surface area contributed by atoms with Crippen LogP contribution in [0.2, 0.25) is 0 Å². The van der Waals surface area contributed by atoms with Gasteiger partial charge in [-0.05, 0) is 49.1 Å². The van der Waals surface area contributed by atoms with Crippen molar-refractivity contribution < 1.29 is 24.2 Å². The average molecular weight is 397 g/mol. The highest BCUT2D eigenvalue weighted by molar-refractivity contribution is 5.76. The van der Waals surface area contributed by atoms with E-state index in [1.54, 1.807) is 4.90 Å². The number of aliphatic carboxylic acids is 1. The zero-order valence-corrected chi connectivity index (χ0v) is 16.6. The summed E-state index contributed by atoms with van der Waals surface area (Å²) in [5, 5.41) is 8.38. The lowest BCUT2D eigenvalue weighted by Gasteiger charge is -2.27. The van der Waals surface area contributed by atoms with Gasteiger partial charge in [0.2, 0.25) is 6.41 Å². The predicted molar refractivity (Wildman–Crippen MR) is 110 cm³/mol. The summed E-state index contributed by atoms with van der Waals surface area (Å²) < 4.78 is 5.73. The fourth-order valence-electron chi connectivity index (χ4n) is 2.97. The molecule has 1 amide bonds. The maximum atomic E-state index is 10.9. The van der Waals surface area contributed by atoms with Gasteiger partial charge in [0.25, 0.3) is 0 Å². The number of para-hydroxylation sites is 1. The highest BCUT2D eigenvalue weighted by atomic mass is 16.5. The second kappa shape index (κ2) is 11.6. The molecule has 6 heteroatoms. The minimum atomic E-state index is -0.835. The van der Waals surface area contributed by atoms with E-state index in [1.165, 1.54) is 0 Å². The van der Waals surface area contributed by atoms with Crippen molar-refractivity contribution in [3.8, 4) is 11.5 Å². The molecule has 0 aromatic heterocycles. The van der Waals surface area contributed by atoms with Crippen LogP contribution in [0.25, 0.3) is 0 Å². The Morgan fingerprint density at radius 1 is 1.07 bits per heavy atom. The van der Waals surface area contributed by atoms with E-state index in [-0.39, 0.29) is 11.8 Å². The van der Waals surface area contributed by atoms with Crippen molar-refractivity contribution in [1.82, 2.24) is 4.90 Å². The van der Waals surface area contributed by atoms with Crippen molar-refractivity contribution >= 4 is 18.7 Å². The number of nitrogens with zero attached hydrogens (tertiary/aromatic N) is 1. The van der Waals surface area contributed by atoms with E-state index >= 15 is 0 Å². The number of ether oxygens (including phenoxy) is 1. The van der Waals surface area contributed by atoms with E-state index in [0.29, 0.717) is 13.0 Å². The zero-order chi connectivity index (χ0) is 21.1. The van der Waals surface area contributed by atoms with E-state index in [1.807, 2.05) is 54.6 Å². The molecule has 0 saturated heterocycles. The quantitative estimate of drug-likeness (QED) is 0.643. The number of hydrogen-bond donors (Lipinski definition) is 1. The Balaban J connectivity index is 0.000000278. The lowest BCUT2D eigenvalue weighted by Crippen LogP contribution is -2.33. The number of carbonyl (C=O) groups excluding carboxylic acids is 2. The minimum Gasteiger partial charge on any atom is -0.481 e. The number of hydrogen-bond acceptors (Lipinski definition) is 4. The van der Waals surface area contributed by atoms with Crippen molar-refractivity contribution in [2.75, 3.05) is 6.54 Å². The van der Waals surface area contributed by atoms with Crippen LogP contribution in [0.3, 0.4) is 0 Å². The predicted octanol–water partition coefficient (Wildman–Crippen LogP) is 4.14. The second-order valence-corrected chi connectivity index (χ2v) is 6.96. The number of carboxylic acids is 1. The molecule has 1 saturated carbocycles. The molecule has 0 spiro atoms. The first kappa shape index (κ1) is 22.1. The van der Waals surface area contributed by atoms with Gasteiger partial charge in [0.15, 0.2) is 0 Å². The fourth-order valence-corrected chi connectivity index (χ4v) is 2.97. The molecular formula is C23H27NO5. The molecule has 1 aliphatic rings. The Bertz CT molecular complexity index is 776. The third kappa shape index (κ3) is 7.07. The standard InChI is InChI=1S/C17H19NO2.C6H8O3/c1-2-12-18(14-19)13-15-8-10-17(11-9-15)20-16-6-4-3-5-7-16;7-3-4-1-2-5(4)6(8)9/h3-11,14H,2,12-13H2,1H3;3-5H,1-2H2,(H,8,9). The van der Waals surface area contributed by atoms with Gasteiger partial charge in [-0.3, -0.25) is 9.59 Å². The van der Waals surface area contributed by atoms with Gasteiger partial charge in [-0.25, -0.2) is 0 Å². The lowest BCUT2D eigenvalue weighted by atomic mass is 9.75. The number of carboxylic acid groups (broad SMARTS) is 1. The van der Waals surface area contributed by atoms with Crippen LogP contribution < -0.4 is 4.74 Å². The lowest BCUT2D eigenvalue weighted by molar-refractivity contribution is -0.149. The van der Waals surface area contributed by atoms with Gasteiger partial charge in [-0.15, -0.1) is 0 Å². The van der Waals surface area contributed by atoms with Crippen LogP contribution >= 0.6 is 0 Å². The van der Waals surface area contributed by atoms with E-state index in [9.17, 15) is 14.4 Å². The molecule has 6 nitrogen and oxygen atoms in total. The highest BCUT2D eigenvalue weighted by Gasteiger charge is 2.35. The summed E-state index contributed by atoms with van der Waals surface area (Å²) in [7, 11) is 0. The molecule has 1 aliphatic carbocycles. The van der Waals surface area contributed by atoms with E-state index in [4.69, 9.17) is 9.84 Å². The Labute approximate surface area is 171 Å². The van der Waals surface area contributed by atoms with E-state index in [2.05, 4.69) is 6.92 Å². The van der Waals surface area contributed by atoms with Gasteiger partial charge < -0.3 is 19.5 Å². The molecule has 29 heavy (non-hydrogen) atoms. The van der Waals surface area contributed by atoms with Gasteiger partial charge in [0.1, 0.15) is 17.8 Å². The van der Waals surface area contributed by atoms with Crippen LogP contribution in [0, 0.1) is 11.8 Å². The van der Waals surface area contributed by atoms with Gasteiger partial charge in [0, 0.05) is 19.0 Å². The average Bonchev–Trinajstić information content (AvgIpc) is 2.69. The maximum absolute atomic E-state index is 10.9. The van der Waals surface area contributed by atoms with Gasteiger partial charge in [0.05, 0.1) is 5.92 Å². The maximum Gasteiger partial charge on any atom is 0.307 e. The summed E-state index contributed by atoms with van der Waals surface area (Å²) in [6.07, 6.45) is 4.02. The number of amides is 1. The van der Waals surface area contributed by atoms with E-state index in [0.717, 1.165) is 49.1 Å². The van der Waals surface area contributed by atoms with Gasteiger partial charge >= 0.3 is 5.97 Å². The molecule has 2 unspecified atom stereocenters. The molecule has 0 heterocycles. The fraction of sp³-hybridized carbons (Fsp3) is 0.348. The number of aldehydes is 1. The summed E-state index contributed by atoms with van der Waals surface area (Å²) in [5.74, 6) is 0.192. The Morgan fingerprint density at radius 3 is 2.17 bits per heavy atom. The molecule has 154 valence electrons. The van der Waals surface area contributed by atoms with Gasteiger partial charge in [-0.1, -0.05) is 37.3 Å². The molecule has 2 aromatic rings. The van der Waals surface area contributed by atoms with Crippen LogP contribution in [0.1, 0.15) is 31.7 Å². The molecule has 0 bridgehead atoms. The Kier molecular flexibility index (Phi) is 8.89. The molecule has 0 aliphatic heterocycles. The third-order valence-electron chi connectivity index (χ3n) is 4.77. The Morgan fingerprint density at radius 2 is 1.72 bits per heavy atom. The highest BCUT2D eigenvalue weighted by Crippen LogP contribution is 2.32. The second-order valence-electron chi connectivity index (χ2n) is 6.96. The van der Waals surface area contributed by atoms with E-state index < -0.39 is 5.97 Å². The number of benzene rings is 2. The summed E-state index contributed by atoms with van der Waals surface area (Å²) in [6, 6.07) is 17.5. The Hall–Kier alpha value is -3.15. The molecule has 1 N–H and O–H groups in total. The molecule has 3 rings (SSSR count). The van der Waals surface area contributed by atoms with Crippen LogP contribution in [-0.4, -0.2) is 35.2 Å². The van der Waals surface area contributed by atoms with Crippen LogP contribution in [0.5, 0.6) is 11.5 Å². The van der Waals surface area contributed by atoms with Crippen LogP contribution in [0.4, 0.5) is 0 Å². The van der Waals surface area contributed by atoms with Gasteiger partial charge in [-0.2, -0.15) is 0 Å². The number of rotatable bonds is 9. The summed E-state index contributed by atoms with van der Waals surface area (Å²) in [5.41, 5.74) is 1.10.